The van der Waals surface area contributed by atoms with Gasteiger partial charge in [0.25, 0.3) is 5.91 Å². The molecule has 0 aromatic heterocycles. The Morgan fingerprint density at radius 2 is 2.00 bits per heavy atom. The van der Waals surface area contributed by atoms with Crippen LogP contribution in [0.1, 0.15) is 30.1 Å². The summed E-state index contributed by atoms with van der Waals surface area (Å²) >= 11 is 0. The number of para-hydroxylation sites is 1. The molecule has 1 saturated heterocycles. The van der Waals surface area contributed by atoms with Gasteiger partial charge in [-0.15, -0.1) is 0 Å². The topological polar surface area (TPSA) is 76.1 Å². The molecule has 0 spiro atoms. The molecule has 1 fully saturated rings. The van der Waals surface area contributed by atoms with E-state index in [1.54, 1.807) is 30.0 Å². The zero-order chi connectivity index (χ0) is 16.3. The predicted molar refractivity (Wildman–Crippen MR) is 80.4 cm³/mol. The molecular weight excluding hydrogens is 286 g/mol. The highest BCUT2D eigenvalue weighted by Gasteiger charge is 2.36. The van der Waals surface area contributed by atoms with E-state index in [1.807, 2.05) is 0 Å². The molecule has 1 aliphatic rings. The highest BCUT2D eigenvalue weighted by atomic mass is 16.5. The summed E-state index contributed by atoms with van der Waals surface area (Å²) in [6.45, 7) is 2.33. The molecule has 120 valence electrons. The van der Waals surface area contributed by atoms with E-state index >= 15 is 0 Å². The lowest BCUT2D eigenvalue weighted by Crippen LogP contribution is -2.49. The number of likely N-dealkylation sites (tertiary alicyclic amines) is 1. The van der Waals surface area contributed by atoms with E-state index in [1.165, 1.54) is 14.2 Å². The third kappa shape index (κ3) is 2.86. The van der Waals surface area contributed by atoms with Gasteiger partial charge in [-0.1, -0.05) is 6.07 Å². The molecule has 1 aromatic carbocycles. The van der Waals surface area contributed by atoms with Crippen molar-refractivity contribution in [3.63, 3.8) is 0 Å². The number of carboxylic acids is 1. The number of benzene rings is 1. The van der Waals surface area contributed by atoms with E-state index in [0.717, 1.165) is 0 Å². The number of carbonyl (C=O) groups is 2. The minimum absolute atomic E-state index is 0.228. The molecule has 1 aromatic rings. The first-order chi connectivity index (χ1) is 10.5. The van der Waals surface area contributed by atoms with Crippen molar-refractivity contribution in [3.8, 4) is 11.5 Å². The zero-order valence-corrected chi connectivity index (χ0v) is 13.0. The molecule has 2 atom stereocenters. The van der Waals surface area contributed by atoms with Crippen molar-refractivity contribution in [3.05, 3.63) is 23.8 Å². The third-order valence-corrected chi connectivity index (χ3v) is 4.20. The molecule has 6 nitrogen and oxygen atoms in total. The fourth-order valence-corrected chi connectivity index (χ4v) is 2.97. The molecule has 1 heterocycles. The van der Waals surface area contributed by atoms with Gasteiger partial charge in [-0.05, 0) is 31.9 Å². The lowest BCUT2D eigenvalue weighted by atomic mass is 9.89. The predicted octanol–water partition coefficient (Wildman–Crippen LogP) is 2.03. The third-order valence-electron chi connectivity index (χ3n) is 4.20. The second kappa shape index (κ2) is 6.68. The monoisotopic (exact) mass is 307 g/mol. The highest BCUT2D eigenvalue weighted by Crippen LogP contribution is 2.33. The maximum Gasteiger partial charge on any atom is 0.308 e. The standard InChI is InChI=1S/C16H21NO5/c1-10-11(16(19)20)7-5-9-17(10)15(18)12-6-4-8-13(21-2)14(12)22-3/h4,6,8,10-11H,5,7,9H2,1-3H3,(H,19,20)/t10-,11-/m0/s1. The van der Waals surface area contributed by atoms with Gasteiger partial charge in [0, 0.05) is 12.6 Å². The molecule has 1 aliphatic heterocycles. The summed E-state index contributed by atoms with van der Waals surface area (Å²) in [6, 6.07) is 4.75. The molecule has 1 N–H and O–H groups in total. The first-order valence-electron chi connectivity index (χ1n) is 7.26. The number of rotatable bonds is 4. The van der Waals surface area contributed by atoms with Crippen LogP contribution in [0.3, 0.4) is 0 Å². The van der Waals surface area contributed by atoms with Crippen molar-refractivity contribution < 1.29 is 24.2 Å². The SMILES string of the molecule is COc1cccc(C(=O)N2CCC[C@H](C(=O)O)[C@@H]2C)c1OC. The first-order valence-corrected chi connectivity index (χ1v) is 7.26. The molecular formula is C16H21NO5. The Kier molecular flexibility index (Phi) is 4.90. The van der Waals surface area contributed by atoms with Gasteiger partial charge in [-0.2, -0.15) is 0 Å². The van der Waals surface area contributed by atoms with Gasteiger partial charge in [0.1, 0.15) is 0 Å². The summed E-state index contributed by atoms with van der Waals surface area (Å²) in [4.78, 5) is 25.7. The minimum atomic E-state index is -0.859. The Labute approximate surface area is 129 Å². The number of carboxylic acid groups (broad SMARTS) is 1. The summed E-state index contributed by atoms with van der Waals surface area (Å²) in [7, 11) is 2.99. The maximum absolute atomic E-state index is 12.8. The molecule has 0 saturated carbocycles. The first kappa shape index (κ1) is 16.1. The van der Waals surface area contributed by atoms with Crippen LogP contribution in [-0.2, 0) is 4.79 Å². The van der Waals surface area contributed by atoms with Crippen LogP contribution < -0.4 is 9.47 Å². The van der Waals surface area contributed by atoms with Crippen LogP contribution in [0.4, 0.5) is 0 Å². The highest BCUT2D eigenvalue weighted by molar-refractivity contribution is 5.98. The van der Waals surface area contributed by atoms with E-state index in [0.29, 0.717) is 36.4 Å². The molecule has 0 aliphatic carbocycles. The van der Waals surface area contributed by atoms with Crippen molar-refractivity contribution >= 4 is 11.9 Å². The van der Waals surface area contributed by atoms with E-state index in [9.17, 15) is 14.7 Å². The van der Waals surface area contributed by atoms with Crippen LogP contribution in [0.25, 0.3) is 0 Å². The molecule has 0 bridgehead atoms. The number of nitrogens with zero attached hydrogens (tertiary/aromatic N) is 1. The van der Waals surface area contributed by atoms with Gasteiger partial charge >= 0.3 is 5.97 Å². The van der Waals surface area contributed by atoms with Crippen molar-refractivity contribution in [2.24, 2.45) is 5.92 Å². The van der Waals surface area contributed by atoms with Crippen LogP contribution in [0, 0.1) is 5.92 Å². The summed E-state index contributed by atoms with van der Waals surface area (Å²) < 4.78 is 10.5. The normalized spacial score (nSPS) is 21.3. The Morgan fingerprint density at radius 1 is 1.27 bits per heavy atom. The van der Waals surface area contributed by atoms with Gasteiger partial charge in [-0.3, -0.25) is 9.59 Å². The van der Waals surface area contributed by atoms with Crippen LogP contribution in [0.5, 0.6) is 11.5 Å². The quantitative estimate of drug-likeness (QED) is 0.921. The lowest BCUT2D eigenvalue weighted by molar-refractivity contribution is -0.144. The Morgan fingerprint density at radius 3 is 2.59 bits per heavy atom. The fourth-order valence-electron chi connectivity index (χ4n) is 2.97. The van der Waals surface area contributed by atoms with E-state index < -0.39 is 11.9 Å². The number of hydrogen-bond donors (Lipinski definition) is 1. The summed E-state index contributed by atoms with van der Waals surface area (Å²) in [5.41, 5.74) is 0.389. The van der Waals surface area contributed by atoms with Gasteiger partial charge in [0.2, 0.25) is 0 Å². The van der Waals surface area contributed by atoms with Crippen molar-refractivity contribution in [2.75, 3.05) is 20.8 Å². The average molecular weight is 307 g/mol. The molecule has 1 amide bonds. The summed E-state index contributed by atoms with van der Waals surface area (Å²) in [5, 5.41) is 9.28. The summed E-state index contributed by atoms with van der Waals surface area (Å²) in [6.07, 6.45) is 1.27. The van der Waals surface area contributed by atoms with Crippen molar-refractivity contribution in [2.45, 2.75) is 25.8 Å². The molecule has 22 heavy (non-hydrogen) atoms. The fraction of sp³-hybridized carbons (Fsp3) is 0.500. The van der Waals surface area contributed by atoms with Crippen molar-refractivity contribution in [1.29, 1.82) is 0 Å². The number of hydrogen-bond acceptors (Lipinski definition) is 4. The minimum Gasteiger partial charge on any atom is -0.493 e. The second-order valence-electron chi connectivity index (χ2n) is 5.37. The van der Waals surface area contributed by atoms with E-state index in [-0.39, 0.29) is 11.9 Å². The van der Waals surface area contributed by atoms with Crippen LogP contribution in [0.15, 0.2) is 18.2 Å². The molecule has 0 radical (unpaired) electrons. The number of amides is 1. The zero-order valence-electron chi connectivity index (χ0n) is 13.0. The number of methoxy groups -OCH3 is 2. The van der Waals surface area contributed by atoms with Crippen LogP contribution >= 0.6 is 0 Å². The summed E-state index contributed by atoms with van der Waals surface area (Å²) in [5.74, 6) is -0.765. The molecule has 0 unspecified atom stereocenters. The van der Waals surface area contributed by atoms with Gasteiger partial charge in [0.05, 0.1) is 25.7 Å². The number of aliphatic carboxylic acids is 1. The number of piperidine rings is 1. The van der Waals surface area contributed by atoms with Gasteiger partial charge < -0.3 is 19.5 Å². The van der Waals surface area contributed by atoms with Crippen LogP contribution in [-0.4, -0.2) is 48.7 Å². The van der Waals surface area contributed by atoms with E-state index in [2.05, 4.69) is 0 Å². The lowest BCUT2D eigenvalue weighted by Gasteiger charge is -2.37. The van der Waals surface area contributed by atoms with Gasteiger partial charge in [0.15, 0.2) is 11.5 Å². The second-order valence-corrected chi connectivity index (χ2v) is 5.37. The molecule has 6 heteroatoms. The van der Waals surface area contributed by atoms with Gasteiger partial charge in [-0.25, -0.2) is 0 Å². The number of carbonyl (C=O) groups excluding carboxylic acids is 1. The Hall–Kier alpha value is -2.24. The van der Waals surface area contributed by atoms with E-state index in [4.69, 9.17) is 9.47 Å². The Balaban J connectivity index is 2.33. The van der Waals surface area contributed by atoms with Crippen molar-refractivity contribution in [1.82, 2.24) is 4.90 Å². The smallest absolute Gasteiger partial charge is 0.308 e. The molecule has 2 rings (SSSR count). The number of ether oxygens (including phenoxy) is 2. The average Bonchev–Trinajstić information content (AvgIpc) is 2.53. The Bertz CT molecular complexity index is 572. The van der Waals surface area contributed by atoms with Crippen LogP contribution in [0.2, 0.25) is 0 Å². The largest absolute Gasteiger partial charge is 0.493 e. The maximum atomic E-state index is 12.8.